The molecule has 0 saturated heterocycles. The number of nitrogens with zero attached hydrogens (tertiary/aromatic N) is 2. The summed E-state index contributed by atoms with van der Waals surface area (Å²) in [5, 5.41) is 5.65. The molecule has 3 aromatic carbocycles. The number of hydrogen-bond acceptors (Lipinski definition) is 5. The Hall–Kier alpha value is -3.86. The number of para-hydroxylation sites is 2. The van der Waals surface area contributed by atoms with E-state index >= 15 is 0 Å². The lowest BCUT2D eigenvalue weighted by Crippen LogP contribution is -2.52. The average molecular weight is 556 g/mol. The number of carbonyl (C=O) groups is 2. The molecule has 1 atom stereocenters. The lowest BCUT2D eigenvalue weighted by molar-refractivity contribution is -0.122. The van der Waals surface area contributed by atoms with E-state index in [4.69, 9.17) is 23.2 Å². The Bertz CT molecular complexity index is 1590. The highest BCUT2D eigenvalue weighted by molar-refractivity contribution is 7.93. The Kier molecular flexibility index (Phi) is 6.63. The van der Waals surface area contributed by atoms with Gasteiger partial charge in [-0.25, -0.2) is 13.4 Å². The molecule has 0 radical (unpaired) electrons. The Labute approximate surface area is 222 Å². The van der Waals surface area contributed by atoms with Crippen molar-refractivity contribution in [3.8, 4) is 11.4 Å². The third-order valence-corrected chi connectivity index (χ3v) is 8.31. The first-order valence-electron chi connectivity index (χ1n) is 11.0. The van der Waals surface area contributed by atoms with Crippen LogP contribution < -0.4 is 14.9 Å². The molecular weight excluding hydrogens is 537 g/mol. The lowest BCUT2D eigenvalue weighted by Gasteiger charge is -2.36. The number of rotatable bonds is 6. The van der Waals surface area contributed by atoms with Crippen molar-refractivity contribution in [1.82, 2.24) is 9.97 Å². The van der Waals surface area contributed by atoms with Crippen molar-refractivity contribution < 1.29 is 18.0 Å². The standard InChI is InChI=1S/C25H19Cl2N5O4S/c26-18-10-9-17(13-19(18)27)37(35,36)32-21-4-2-1-3-20(21)31-25(34)22(32)14-23(33)30-16-7-5-15(6-8-16)24-28-11-12-29-24/h1-13,22H,14H2,(H,28,29)(H,30,33)(H,31,34)/t22-/m1/s1. The number of sulfonamides is 1. The summed E-state index contributed by atoms with van der Waals surface area (Å²) in [6.45, 7) is 0. The van der Waals surface area contributed by atoms with Gasteiger partial charge in [0.25, 0.3) is 10.0 Å². The molecule has 9 nitrogen and oxygen atoms in total. The van der Waals surface area contributed by atoms with Crippen LogP contribution in [0.25, 0.3) is 11.4 Å². The molecule has 1 aliphatic rings. The average Bonchev–Trinajstić information content (AvgIpc) is 3.41. The molecule has 2 heterocycles. The van der Waals surface area contributed by atoms with Gasteiger partial charge >= 0.3 is 0 Å². The van der Waals surface area contributed by atoms with Crippen LogP contribution in [0.15, 0.2) is 84.0 Å². The van der Waals surface area contributed by atoms with Crippen LogP contribution in [0.5, 0.6) is 0 Å². The van der Waals surface area contributed by atoms with Crippen LogP contribution in [0.4, 0.5) is 17.1 Å². The third-order valence-electron chi connectivity index (χ3n) is 5.75. The van der Waals surface area contributed by atoms with E-state index in [1.54, 1.807) is 60.9 Å². The zero-order chi connectivity index (χ0) is 26.2. The van der Waals surface area contributed by atoms with Crippen LogP contribution in [0.2, 0.25) is 10.0 Å². The van der Waals surface area contributed by atoms with Gasteiger partial charge < -0.3 is 15.6 Å². The number of aromatic amines is 1. The molecule has 0 saturated carbocycles. The number of anilines is 3. The van der Waals surface area contributed by atoms with Crippen LogP contribution in [0.3, 0.4) is 0 Å². The van der Waals surface area contributed by atoms with Gasteiger partial charge in [0.2, 0.25) is 11.8 Å². The van der Waals surface area contributed by atoms with E-state index < -0.39 is 34.3 Å². The van der Waals surface area contributed by atoms with Crippen LogP contribution in [0, 0.1) is 0 Å². The zero-order valence-corrected chi connectivity index (χ0v) is 21.3. The van der Waals surface area contributed by atoms with Crippen molar-refractivity contribution in [2.45, 2.75) is 17.4 Å². The summed E-state index contributed by atoms with van der Waals surface area (Å²) in [6, 6.07) is 15.9. The van der Waals surface area contributed by atoms with Gasteiger partial charge in [-0.1, -0.05) is 35.3 Å². The van der Waals surface area contributed by atoms with E-state index in [0.29, 0.717) is 17.2 Å². The van der Waals surface area contributed by atoms with Gasteiger partial charge in [0, 0.05) is 23.6 Å². The van der Waals surface area contributed by atoms with E-state index in [2.05, 4.69) is 20.6 Å². The Balaban J connectivity index is 1.44. The maximum atomic E-state index is 13.8. The minimum Gasteiger partial charge on any atom is -0.345 e. The number of amides is 2. The van der Waals surface area contributed by atoms with E-state index in [-0.39, 0.29) is 20.6 Å². The van der Waals surface area contributed by atoms with Gasteiger partial charge in [-0.3, -0.25) is 13.9 Å². The first-order valence-corrected chi connectivity index (χ1v) is 13.2. The third kappa shape index (κ3) is 4.91. The summed E-state index contributed by atoms with van der Waals surface area (Å²) in [6.07, 6.45) is 2.91. The number of benzene rings is 3. The smallest absolute Gasteiger partial charge is 0.265 e. The molecule has 0 bridgehead atoms. The van der Waals surface area contributed by atoms with Gasteiger partial charge in [-0.05, 0) is 54.6 Å². The first-order chi connectivity index (χ1) is 17.7. The second kappa shape index (κ2) is 9.89. The first kappa shape index (κ1) is 24.8. The number of carbonyl (C=O) groups excluding carboxylic acids is 2. The molecule has 0 unspecified atom stereocenters. The Morgan fingerprint density at radius 1 is 1.03 bits per heavy atom. The number of nitrogens with one attached hydrogen (secondary N) is 3. The van der Waals surface area contributed by atoms with Crippen molar-refractivity contribution in [2.75, 3.05) is 14.9 Å². The van der Waals surface area contributed by atoms with Crippen molar-refractivity contribution in [3.05, 3.63) is 89.2 Å². The summed E-state index contributed by atoms with van der Waals surface area (Å²) >= 11 is 12.0. The van der Waals surface area contributed by atoms with Gasteiger partial charge in [-0.2, -0.15) is 0 Å². The minimum absolute atomic E-state index is 0.0461. The predicted octanol–water partition coefficient (Wildman–Crippen LogP) is 4.93. The fourth-order valence-corrected chi connectivity index (χ4v) is 6.03. The molecule has 0 aliphatic carbocycles. The maximum Gasteiger partial charge on any atom is 0.265 e. The molecule has 3 N–H and O–H groups in total. The van der Waals surface area contributed by atoms with E-state index in [0.717, 1.165) is 9.87 Å². The van der Waals surface area contributed by atoms with Gasteiger partial charge in [0.15, 0.2) is 0 Å². The van der Waals surface area contributed by atoms with Gasteiger partial charge in [-0.15, -0.1) is 0 Å². The number of aromatic nitrogens is 2. The molecule has 5 rings (SSSR count). The highest BCUT2D eigenvalue weighted by Crippen LogP contribution is 2.38. The van der Waals surface area contributed by atoms with Crippen LogP contribution in [0.1, 0.15) is 6.42 Å². The molecular formula is C25H19Cl2N5O4S. The second-order valence-electron chi connectivity index (χ2n) is 8.17. The molecule has 2 amide bonds. The highest BCUT2D eigenvalue weighted by Gasteiger charge is 2.42. The highest BCUT2D eigenvalue weighted by atomic mass is 35.5. The van der Waals surface area contributed by atoms with Crippen molar-refractivity contribution in [2.24, 2.45) is 0 Å². The van der Waals surface area contributed by atoms with Crippen molar-refractivity contribution in [1.29, 1.82) is 0 Å². The fraction of sp³-hybridized carbons (Fsp3) is 0.0800. The molecule has 12 heteroatoms. The second-order valence-corrected chi connectivity index (χ2v) is 10.8. The number of imidazole rings is 1. The van der Waals surface area contributed by atoms with E-state index in [1.807, 2.05) is 0 Å². The van der Waals surface area contributed by atoms with Crippen LogP contribution in [-0.4, -0.2) is 36.2 Å². The largest absolute Gasteiger partial charge is 0.345 e. The van der Waals surface area contributed by atoms with Gasteiger partial charge in [0.1, 0.15) is 11.9 Å². The molecule has 0 fully saturated rings. The molecule has 4 aromatic rings. The number of hydrogen-bond donors (Lipinski definition) is 3. The van der Waals surface area contributed by atoms with Crippen molar-refractivity contribution in [3.63, 3.8) is 0 Å². The zero-order valence-electron chi connectivity index (χ0n) is 19.0. The topological polar surface area (TPSA) is 124 Å². The predicted molar refractivity (Wildman–Crippen MR) is 142 cm³/mol. The summed E-state index contributed by atoms with van der Waals surface area (Å²) in [7, 11) is -4.31. The quantitative estimate of drug-likeness (QED) is 0.311. The number of fused-ring (bicyclic) bond motifs is 1. The summed E-state index contributed by atoms with van der Waals surface area (Å²) in [5.41, 5.74) is 1.84. The van der Waals surface area contributed by atoms with E-state index in [1.165, 1.54) is 18.2 Å². The molecule has 37 heavy (non-hydrogen) atoms. The number of halogens is 2. The minimum atomic E-state index is -4.31. The van der Waals surface area contributed by atoms with E-state index in [9.17, 15) is 18.0 Å². The summed E-state index contributed by atoms with van der Waals surface area (Å²) in [4.78, 5) is 33.1. The monoisotopic (exact) mass is 555 g/mol. The maximum absolute atomic E-state index is 13.8. The Morgan fingerprint density at radius 2 is 1.78 bits per heavy atom. The SMILES string of the molecule is O=C(C[C@@H]1C(=O)Nc2ccccc2N1S(=O)(=O)c1ccc(Cl)c(Cl)c1)Nc1ccc(-c2ncc[nH]2)cc1. The molecule has 188 valence electrons. The molecule has 1 aromatic heterocycles. The summed E-state index contributed by atoms with van der Waals surface area (Å²) in [5.74, 6) is -0.496. The lowest BCUT2D eigenvalue weighted by atomic mass is 10.1. The molecule has 0 spiro atoms. The van der Waals surface area contributed by atoms with Crippen LogP contribution >= 0.6 is 23.2 Å². The normalized spacial score (nSPS) is 15.1. The van der Waals surface area contributed by atoms with Crippen molar-refractivity contribution >= 4 is 62.1 Å². The molecule has 1 aliphatic heterocycles. The fourth-order valence-electron chi connectivity index (χ4n) is 4.01. The summed E-state index contributed by atoms with van der Waals surface area (Å²) < 4.78 is 28.5. The van der Waals surface area contributed by atoms with Gasteiger partial charge in [0.05, 0.1) is 32.7 Å². The van der Waals surface area contributed by atoms with Crippen LogP contribution in [-0.2, 0) is 19.6 Å². The Morgan fingerprint density at radius 3 is 2.49 bits per heavy atom. The number of H-pyrrole nitrogens is 1.